The van der Waals surface area contributed by atoms with E-state index < -0.39 is 16.2 Å². The molecule has 1 heterocycles. The first-order valence-corrected chi connectivity index (χ1v) is 11.3. The van der Waals surface area contributed by atoms with Crippen LogP contribution in [0.15, 0.2) is 12.1 Å². The van der Waals surface area contributed by atoms with Crippen molar-refractivity contribution in [2.24, 2.45) is 0 Å². The molecule has 9 heteroatoms. The number of urea groups is 1. The fraction of sp³-hybridized carbons (Fsp3) is 0.632. The standard InChI is InChI=1S/C19H30ClN3O4S/c1-11(2)16-7-15(20)8-17(12(3)4)18(16)21-19(24)22-28(25,26)23-13(5)9-27-10-14(23)6/h7-8,11-14H,9-10H2,1-6H3,(H2,21,22,24). The van der Waals surface area contributed by atoms with Gasteiger partial charge in [-0.3, -0.25) is 0 Å². The summed E-state index contributed by atoms with van der Waals surface area (Å²) in [6.45, 7) is 12.1. The van der Waals surface area contributed by atoms with Gasteiger partial charge in [-0.15, -0.1) is 0 Å². The molecular weight excluding hydrogens is 402 g/mol. The molecule has 1 aromatic rings. The minimum absolute atomic E-state index is 0.0994. The molecule has 28 heavy (non-hydrogen) atoms. The zero-order valence-electron chi connectivity index (χ0n) is 17.2. The molecule has 158 valence electrons. The number of hydrogen-bond acceptors (Lipinski definition) is 4. The van der Waals surface area contributed by atoms with Gasteiger partial charge in [0, 0.05) is 22.8 Å². The summed E-state index contributed by atoms with van der Waals surface area (Å²) in [6, 6.07) is 2.09. The molecule has 1 aliphatic heterocycles. The van der Waals surface area contributed by atoms with E-state index in [9.17, 15) is 13.2 Å². The molecule has 1 aromatic carbocycles. The lowest BCUT2D eigenvalue weighted by atomic mass is 9.92. The highest BCUT2D eigenvalue weighted by Crippen LogP contribution is 2.35. The molecule has 7 nitrogen and oxygen atoms in total. The number of benzene rings is 1. The number of nitrogens with zero attached hydrogens (tertiary/aromatic N) is 1. The monoisotopic (exact) mass is 431 g/mol. The minimum atomic E-state index is -4.01. The minimum Gasteiger partial charge on any atom is -0.378 e. The van der Waals surface area contributed by atoms with Crippen LogP contribution >= 0.6 is 11.6 Å². The van der Waals surface area contributed by atoms with E-state index in [1.165, 1.54) is 4.31 Å². The van der Waals surface area contributed by atoms with E-state index in [0.717, 1.165) is 11.1 Å². The van der Waals surface area contributed by atoms with Gasteiger partial charge >= 0.3 is 16.2 Å². The number of halogens is 1. The van der Waals surface area contributed by atoms with Crippen LogP contribution in [0.1, 0.15) is 64.5 Å². The van der Waals surface area contributed by atoms with E-state index in [1.807, 2.05) is 27.7 Å². The largest absolute Gasteiger partial charge is 0.378 e. The fourth-order valence-electron chi connectivity index (χ4n) is 3.48. The molecule has 0 spiro atoms. The topological polar surface area (TPSA) is 87.7 Å². The van der Waals surface area contributed by atoms with Gasteiger partial charge in [0.05, 0.1) is 13.2 Å². The van der Waals surface area contributed by atoms with Gasteiger partial charge in [0.1, 0.15) is 0 Å². The quantitative estimate of drug-likeness (QED) is 0.735. The third-order valence-electron chi connectivity index (χ3n) is 4.73. The van der Waals surface area contributed by atoms with Gasteiger partial charge in [0.2, 0.25) is 0 Å². The van der Waals surface area contributed by atoms with Crippen molar-refractivity contribution in [2.75, 3.05) is 18.5 Å². The molecule has 0 aliphatic carbocycles. The number of rotatable bonds is 5. The second kappa shape index (κ2) is 8.98. The molecule has 2 unspecified atom stereocenters. The second-order valence-electron chi connectivity index (χ2n) is 7.90. The van der Waals surface area contributed by atoms with Gasteiger partial charge in [-0.1, -0.05) is 39.3 Å². The Morgan fingerprint density at radius 2 is 1.57 bits per heavy atom. The maximum Gasteiger partial charge on any atom is 0.333 e. The average molecular weight is 432 g/mol. The van der Waals surface area contributed by atoms with E-state index in [0.29, 0.717) is 23.9 Å². The summed E-state index contributed by atoms with van der Waals surface area (Å²) >= 11 is 6.24. The van der Waals surface area contributed by atoms with E-state index in [-0.39, 0.29) is 23.9 Å². The molecule has 2 N–H and O–H groups in total. The van der Waals surface area contributed by atoms with E-state index in [1.54, 1.807) is 26.0 Å². The summed E-state index contributed by atoms with van der Waals surface area (Å²) in [4.78, 5) is 12.6. The number of nitrogens with one attached hydrogen (secondary N) is 2. The third kappa shape index (κ3) is 5.17. The Morgan fingerprint density at radius 3 is 2.00 bits per heavy atom. The fourth-order valence-corrected chi connectivity index (χ4v) is 5.17. The van der Waals surface area contributed by atoms with Crippen molar-refractivity contribution >= 4 is 33.5 Å². The lowest BCUT2D eigenvalue weighted by molar-refractivity contribution is 0.00598. The Balaban J connectivity index is 2.30. The summed E-state index contributed by atoms with van der Waals surface area (Å²) in [7, 11) is -4.01. The molecular formula is C19H30ClN3O4S. The highest BCUT2D eigenvalue weighted by atomic mass is 35.5. The molecule has 0 bridgehead atoms. The van der Waals surface area contributed by atoms with Gasteiger partial charge in [-0.05, 0) is 48.9 Å². The predicted octanol–water partition coefficient (Wildman–Crippen LogP) is 4.06. The van der Waals surface area contributed by atoms with Gasteiger partial charge in [-0.25, -0.2) is 9.52 Å². The van der Waals surface area contributed by atoms with Gasteiger partial charge in [0.15, 0.2) is 0 Å². The molecule has 1 aliphatic rings. The Bertz CT molecular complexity index is 787. The van der Waals surface area contributed by atoms with E-state index in [2.05, 4.69) is 10.0 Å². The lowest BCUT2D eigenvalue weighted by Crippen LogP contribution is -2.57. The Labute approximate surface area is 173 Å². The molecule has 0 saturated carbocycles. The van der Waals surface area contributed by atoms with Crippen LogP contribution in [-0.2, 0) is 14.9 Å². The summed E-state index contributed by atoms with van der Waals surface area (Å²) in [6.07, 6.45) is 0. The molecule has 1 fully saturated rings. The van der Waals surface area contributed by atoms with Crippen LogP contribution in [0.5, 0.6) is 0 Å². The Morgan fingerprint density at radius 1 is 1.11 bits per heavy atom. The van der Waals surface area contributed by atoms with Crippen molar-refractivity contribution in [1.29, 1.82) is 0 Å². The van der Waals surface area contributed by atoms with E-state index >= 15 is 0 Å². The van der Waals surface area contributed by atoms with Crippen LogP contribution < -0.4 is 10.0 Å². The number of amides is 2. The first-order valence-electron chi connectivity index (χ1n) is 9.47. The smallest absolute Gasteiger partial charge is 0.333 e. The molecule has 2 rings (SSSR count). The zero-order chi connectivity index (χ0) is 21.2. The summed E-state index contributed by atoms with van der Waals surface area (Å²) in [5.74, 6) is 0.199. The van der Waals surface area contributed by atoms with Crippen molar-refractivity contribution in [1.82, 2.24) is 9.03 Å². The first-order chi connectivity index (χ1) is 12.9. The van der Waals surface area contributed by atoms with Gasteiger partial charge in [-0.2, -0.15) is 12.7 Å². The van der Waals surface area contributed by atoms with Crippen LogP contribution in [0, 0.1) is 0 Å². The number of ether oxygens (including phenoxy) is 1. The normalized spacial score (nSPS) is 21.2. The number of hydrogen-bond donors (Lipinski definition) is 2. The lowest BCUT2D eigenvalue weighted by Gasteiger charge is -2.37. The average Bonchev–Trinajstić information content (AvgIpc) is 2.54. The van der Waals surface area contributed by atoms with Crippen LogP contribution in [0.25, 0.3) is 0 Å². The van der Waals surface area contributed by atoms with Crippen molar-refractivity contribution in [2.45, 2.75) is 65.5 Å². The third-order valence-corrected chi connectivity index (χ3v) is 6.67. The summed E-state index contributed by atoms with van der Waals surface area (Å²) in [5, 5.41) is 3.33. The molecule has 1 saturated heterocycles. The molecule has 0 aromatic heterocycles. The van der Waals surface area contributed by atoms with Crippen molar-refractivity contribution < 1.29 is 17.9 Å². The molecule has 0 radical (unpaired) electrons. The zero-order valence-corrected chi connectivity index (χ0v) is 18.8. The summed E-state index contributed by atoms with van der Waals surface area (Å²) < 4.78 is 34.3. The van der Waals surface area contributed by atoms with Gasteiger partial charge < -0.3 is 10.1 Å². The first kappa shape index (κ1) is 22.9. The number of anilines is 1. The number of carbonyl (C=O) groups is 1. The highest BCUT2D eigenvalue weighted by Gasteiger charge is 2.36. The Hall–Kier alpha value is -1.35. The van der Waals surface area contributed by atoms with Crippen LogP contribution in [0.4, 0.5) is 10.5 Å². The number of carbonyl (C=O) groups excluding carboxylic acids is 1. The SMILES string of the molecule is CC(C)c1cc(Cl)cc(C(C)C)c1NC(=O)NS(=O)(=O)N1C(C)COCC1C. The van der Waals surface area contributed by atoms with Crippen molar-refractivity contribution in [3.8, 4) is 0 Å². The Kier molecular flexibility index (Phi) is 7.36. The van der Waals surface area contributed by atoms with Crippen molar-refractivity contribution in [3.05, 3.63) is 28.3 Å². The predicted molar refractivity (Wildman–Crippen MR) is 112 cm³/mol. The highest BCUT2D eigenvalue weighted by molar-refractivity contribution is 7.87. The van der Waals surface area contributed by atoms with Crippen LogP contribution in [0.2, 0.25) is 5.02 Å². The molecule has 2 amide bonds. The molecule has 2 atom stereocenters. The second-order valence-corrected chi connectivity index (χ2v) is 9.91. The van der Waals surface area contributed by atoms with Crippen LogP contribution in [-0.4, -0.2) is 44.1 Å². The van der Waals surface area contributed by atoms with Crippen LogP contribution in [0.3, 0.4) is 0 Å². The van der Waals surface area contributed by atoms with E-state index in [4.69, 9.17) is 16.3 Å². The number of morpholine rings is 1. The van der Waals surface area contributed by atoms with Gasteiger partial charge in [0.25, 0.3) is 0 Å². The maximum absolute atomic E-state index is 12.8. The van der Waals surface area contributed by atoms with Crippen molar-refractivity contribution in [3.63, 3.8) is 0 Å². The maximum atomic E-state index is 12.8. The summed E-state index contributed by atoms with van der Waals surface area (Å²) in [5.41, 5.74) is 2.32.